The lowest BCUT2D eigenvalue weighted by Crippen LogP contribution is -2.50. The standard InChI is InChI=1S/C24H30Cl2N2O/c1-17(2)22(28-14-4-5-15-28)16-27-23(29)24(3,18-6-10-20(25)11-7-18)19-8-12-21(26)13-9-19/h6-13,17,22H,4-5,14-16H2,1-3H3,(H,27,29). The van der Waals surface area contributed by atoms with Gasteiger partial charge in [-0.3, -0.25) is 9.69 Å². The summed E-state index contributed by atoms with van der Waals surface area (Å²) in [7, 11) is 0. The number of carbonyl (C=O) groups excluding carboxylic acids is 1. The van der Waals surface area contributed by atoms with Gasteiger partial charge in [-0.25, -0.2) is 0 Å². The molecule has 1 unspecified atom stereocenters. The molecule has 0 aliphatic carbocycles. The average Bonchev–Trinajstić information content (AvgIpc) is 3.22. The summed E-state index contributed by atoms with van der Waals surface area (Å²) in [6.45, 7) is 9.30. The highest BCUT2D eigenvalue weighted by Crippen LogP contribution is 2.34. The van der Waals surface area contributed by atoms with Crippen LogP contribution in [0.4, 0.5) is 0 Å². The number of hydrogen-bond acceptors (Lipinski definition) is 2. The van der Waals surface area contributed by atoms with Gasteiger partial charge < -0.3 is 5.32 Å². The zero-order chi connectivity index (χ0) is 21.0. The van der Waals surface area contributed by atoms with Crippen molar-refractivity contribution in [2.75, 3.05) is 19.6 Å². The third-order valence-corrected chi connectivity index (χ3v) is 6.65. The maximum absolute atomic E-state index is 13.6. The molecule has 0 radical (unpaired) electrons. The molecule has 1 saturated heterocycles. The van der Waals surface area contributed by atoms with Crippen molar-refractivity contribution < 1.29 is 4.79 Å². The Morgan fingerprint density at radius 1 is 0.966 bits per heavy atom. The molecule has 1 aliphatic heterocycles. The second kappa shape index (κ2) is 9.51. The van der Waals surface area contributed by atoms with Gasteiger partial charge in [0.1, 0.15) is 0 Å². The van der Waals surface area contributed by atoms with Crippen LogP contribution < -0.4 is 5.32 Å². The maximum atomic E-state index is 13.6. The van der Waals surface area contributed by atoms with Crippen LogP contribution in [0.5, 0.6) is 0 Å². The first kappa shape index (κ1) is 22.1. The van der Waals surface area contributed by atoms with Gasteiger partial charge in [-0.15, -0.1) is 0 Å². The molecule has 0 bridgehead atoms. The van der Waals surface area contributed by atoms with Crippen LogP contribution in [0.3, 0.4) is 0 Å². The lowest BCUT2D eigenvalue weighted by Gasteiger charge is -2.34. The highest BCUT2D eigenvalue weighted by molar-refractivity contribution is 6.30. The Morgan fingerprint density at radius 3 is 1.83 bits per heavy atom. The second-order valence-electron chi connectivity index (χ2n) is 8.40. The summed E-state index contributed by atoms with van der Waals surface area (Å²) in [5.74, 6) is 0.470. The maximum Gasteiger partial charge on any atom is 0.234 e. The molecular weight excluding hydrogens is 403 g/mol. The first-order chi connectivity index (χ1) is 13.8. The van der Waals surface area contributed by atoms with Crippen LogP contribution in [-0.4, -0.2) is 36.5 Å². The minimum absolute atomic E-state index is 0.00741. The molecule has 1 heterocycles. The molecule has 1 N–H and O–H groups in total. The van der Waals surface area contributed by atoms with E-state index in [2.05, 4.69) is 24.1 Å². The van der Waals surface area contributed by atoms with Gasteiger partial charge in [0.05, 0.1) is 5.41 Å². The van der Waals surface area contributed by atoms with E-state index in [4.69, 9.17) is 23.2 Å². The molecule has 0 aromatic heterocycles. The van der Waals surface area contributed by atoms with Crippen molar-refractivity contribution in [1.82, 2.24) is 10.2 Å². The van der Waals surface area contributed by atoms with Crippen molar-refractivity contribution >= 4 is 29.1 Å². The number of likely N-dealkylation sites (tertiary alicyclic amines) is 1. The number of nitrogens with one attached hydrogen (secondary N) is 1. The van der Waals surface area contributed by atoms with Gasteiger partial charge in [-0.2, -0.15) is 0 Å². The number of hydrogen-bond donors (Lipinski definition) is 1. The minimum atomic E-state index is -0.832. The molecule has 3 nitrogen and oxygen atoms in total. The fourth-order valence-corrected chi connectivity index (χ4v) is 4.48. The Kier molecular flexibility index (Phi) is 7.26. The van der Waals surface area contributed by atoms with Crippen LogP contribution in [0, 0.1) is 5.92 Å². The average molecular weight is 433 g/mol. The molecule has 29 heavy (non-hydrogen) atoms. The summed E-state index contributed by atoms with van der Waals surface area (Å²) in [5, 5.41) is 4.57. The molecular formula is C24H30Cl2N2O. The van der Waals surface area contributed by atoms with Gasteiger partial charge in [0.2, 0.25) is 5.91 Å². The largest absolute Gasteiger partial charge is 0.353 e. The zero-order valence-electron chi connectivity index (χ0n) is 17.4. The number of rotatable bonds is 7. The molecule has 1 aliphatic rings. The number of benzene rings is 2. The van der Waals surface area contributed by atoms with E-state index in [1.54, 1.807) is 0 Å². The van der Waals surface area contributed by atoms with Crippen molar-refractivity contribution in [1.29, 1.82) is 0 Å². The molecule has 3 rings (SSSR count). The van der Waals surface area contributed by atoms with E-state index in [0.717, 1.165) is 24.2 Å². The fourth-order valence-electron chi connectivity index (χ4n) is 4.23. The van der Waals surface area contributed by atoms with Gasteiger partial charge in [0, 0.05) is 22.6 Å². The van der Waals surface area contributed by atoms with Gasteiger partial charge in [0.25, 0.3) is 0 Å². The molecule has 0 spiro atoms. The Labute approximate surface area is 184 Å². The Balaban J connectivity index is 1.88. The Bertz CT molecular complexity index is 766. The van der Waals surface area contributed by atoms with Gasteiger partial charge in [-0.1, -0.05) is 61.3 Å². The predicted octanol–water partition coefficient (Wildman–Crippen LogP) is 5.54. The fraction of sp³-hybridized carbons (Fsp3) is 0.458. The molecule has 156 valence electrons. The van der Waals surface area contributed by atoms with E-state index < -0.39 is 5.41 Å². The van der Waals surface area contributed by atoms with Gasteiger partial charge in [0.15, 0.2) is 0 Å². The second-order valence-corrected chi connectivity index (χ2v) is 9.28. The number of carbonyl (C=O) groups is 1. The van der Waals surface area contributed by atoms with Crippen molar-refractivity contribution in [2.24, 2.45) is 5.92 Å². The minimum Gasteiger partial charge on any atom is -0.353 e. The first-order valence-corrected chi connectivity index (χ1v) is 11.1. The SMILES string of the molecule is CC(C)C(CNC(=O)C(C)(c1ccc(Cl)cc1)c1ccc(Cl)cc1)N1CCCC1. The van der Waals surface area contributed by atoms with Gasteiger partial charge in [-0.05, 0) is 74.2 Å². The zero-order valence-corrected chi connectivity index (χ0v) is 18.9. The van der Waals surface area contributed by atoms with E-state index in [9.17, 15) is 4.79 Å². The van der Waals surface area contributed by atoms with Gasteiger partial charge >= 0.3 is 0 Å². The van der Waals surface area contributed by atoms with Crippen molar-refractivity contribution in [3.63, 3.8) is 0 Å². The lowest BCUT2D eigenvalue weighted by molar-refractivity contribution is -0.125. The summed E-state index contributed by atoms with van der Waals surface area (Å²) in [6, 6.07) is 15.4. The highest BCUT2D eigenvalue weighted by Gasteiger charge is 2.38. The summed E-state index contributed by atoms with van der Waals surface area (Å²) >= 11 is 12.2. The van der Waals surface area contributed by atoms with Crippen LogP contribution in [-0.2, 0) is 10.2 Å². The topological polar surface area (TPSA) is 32.3 Å². The van der Waals surface area contributed by atoms with Crippen molar-refractivity contribution in [3.05, 3.63) is 69.7 Å². The van der Waals surface area contributed by atoms with E-state index in [1.165, 1.54) is 12.8 Å². The van der Waals surface area contributed by atoms with Crippen molar-refractivity contribution in [3.8, 4) is 0 Å². The highest BCUT2D eigenvalue weighted by atomic mass is 35.5. The molecule has 1 fully saturated rings. The van der Waals surface area contributed by atoms with E-state index in [1.807, 2.05) is 55.5 Å². The lowest BCUT2D eigenvalue weighted by atomic mass is 9.75. The quantitative estimate of drug-likeness (QED) is 0.622. The number of halogens is 2. The molecule has 2 aromatic rings. The predicted molar refractivity (Wildman–Crippen MR) is 122 cm³/mol. The first-order valence-electron chi connectivity index (χ1n) is 10.4. The number of nitrogens with zero attached hydrogens (tertiary/aromatic N) is 1. The Morgan fingerprint density at radius 2 is 1.41 bits per heavy atom. The molecule has 5 heteroatoms. The molecule has 0 saturated carbocycles. The smallest absolute Gasteiger partial charge is 0.234 e. The third kappa shape index (κ3) is 4.96. The summed E-state index contributed by atoms with van der Waals surface area (Å²) in [6.07, 6.45) is 2.48. The van der Waals surface area contributed by atoms with Crippen LogP contribution in [0.2, 0.25) is 10.0 Å². The van der Waals surface area contributed by atoms with Crippen molar-refractivity contribution in [2.45, 2.75) is 45.1 Å². The Hall–Kier alpha value is -1.55. The summed E-state index contributed by atoms with van der Waals surface area (Å²) < 4.78 is 0. The molecule has 1 amide bonds. The molecule has 2 aromatic carbocycles. The van der Waals surface area contributed by atoms with E-state index in [0.29, 0.717) is 28.5 Å². The van der Waals surface area contributed by atoms with Crippen LogP contribution in [0.25, 0.3) is 0 Å². The number of amides is 1. The molecule has 1 atom stereocenters. The third-order valence-electron chi connectivity index (χ3n) is 6.15. The monoisotopic (exact) mass is 432 g/mol. The van der Waals surface area contributed by atoms with Crippen LogP contribution in [0.1, 0.15) is 44.7 Å². The van der Waals surface area contributed by atoms with E-state index in [-0.39, 0.29) is 5.91 Å². The van der Waals surface area contributed by atoms with Crippen LogP contribution in [0.15, 0.2) is 48.5 Å². The summed E-state index contributed by atoms with van der Waals surface area (Å²) in [5.41, 5.74) is 0.981. The summed E-state index contributed by atoms with van der Waals surface area (Å²) in [4.78, 5) is 16.1. The van der Waals surface area contributed by atoms with Crippen LogP contribution >= 0.6 is 23.2 Å². The van der Waals surface area contributed by atoms with E-state index >= 15 is 0 Å². The normalized spacial score (nSPS) is 16.2.